The number of rotatable bonds is 3. The van der Waals surface area contributed by atoms with Crippen LogP contribution in [0.4, 0.5) is 10.1 Å². The standard InChI is InChI=1S/C9H9Cl2FN2O/c1-13-8(15)4-14-5-2-6(10)9(12)7(11)3-5/h2-3,14H,4H2,1H3,(H,13,15). The minimum absolute atomic E-state index is 0.0782. The topological polar surface area (TPSA) is 41.1 Å². The first-order valence-electron chi connectivity index (χ1n) is 4.13. The lowest BCUT2D eigenvalue weighted by molar-refractivity contribution is -0.118. The minimum atomic E-state index is -0.663. The molecular weight excluding hydrogens is 242 g/mol. The van der Waals surface area contributed by atoms with Crippen LogP contribution in [0.3, 0.4) is 0 Å². The number of halogens is 3. The molecular formula is C9H9Cl2FN2O. The van der Waals surface area contributed by atoms with Crippen molar-refractivity contribution in [2.75, 3.05) is 18.9 Å². The second-order valence-electron chi connectivity index (χ2n) is 2.78. The highest BCUT2D eigenvalue weighted by Crippen LogP contribution is 2.27. The van der Waals surface area contributed by atoms with E-state index in [0.29, 0.717) is 5.69 Å². The molecule has 0 aliphatic rings. The van der Waals surface area contributed by atoms with Crippen LogP contribution in [0.5, 0.6) is 0 Å². The number of anilines is 1. The van der Waals surface area contributed by atoms with Crippen molar-refractivity contribution in [1.29, 1.82) is 0 Å². The highest BCUT2D eigenvalue weighted by atomic mass is 35.5. The summed E-state index contributed by atoms with van der Waals surface area (Å²) >= 11 is 11.1. The maximum atomic E-state index is 13.0. The van der Waals surface area contributed by atoms with Gasteiger partial charge in [-0.05, 0) is 12.1 Å². The van der Waals surface area contributed by atoms with Gasteiger partial charge in [-0.15, -0.1) is 0 Å². The molecule has 1 aromatic rings. The average molecular weight is 251 g/mol. The lowest BCUT2D eigenvalue weighted by Crippen LogP contribution is -2.26. The molecule has 0 atom stereocenters. The van der Waals surface area contributed by atoms with Crippen molar-refractivity contribution in [3.8, 4) is 0 Å². The Kier molecular flexibility index (Phi) is 4.17. The van der Waals surface area contributed by atoms with Crippen molar-refractivity contribution in [1.82, 2.24) is 5.32 Å². The van der Waals surface area contributed by atoms with Crippen LogP contribution in [0.1, 0.15) is 0 Å². The van der Waals surface area contributed by atoms with Crippen molar-refractivity contribution in [3.05, 3.63) is 28.0 Å². The van der Waals surface area contributed by atoms with E-state index in [4.69, 9.17) is 23.2 Å². The number of nitrogens with one attached hydrogen (secondary N) is 2. The van der Waals surface area contributed by atoms with Crippen LogP contribution in [-0.4, -0.2) is 19.5 Å². The van der Waals surface area contributed by atoms with E-state index in [-0.39, 0.29) is 22.5 Å². The van der Waals surface area contributed by atoms with Crippen LogP contribution in [0.25, 0.3) is 0 Å². The lowest BCUT2D eigenvalue weighted by atomic mass is 10.3. The molecule has 0 spiro atoms. The van der Waals surface area contributed by atoms with Gasteiger partial charge in [0.1, 0.15) is 0 Å². The van der Waals surface area contributed by atoms with Crippen molar-refractivity contribution in [3.63, 3.8) is 0 Å². The van der Waals surface area contributed by atoms with Crippen LogP contribution < -0.4 is 10.6 Å². The van der Waals surface area contributed by atoms with E-state index in [9.17, 15) is 9.18 Å². The van der Waals surface area contributed by atoms with Crippen molar-refractivity contribution in [2.24, 2.45) is 0 Å². The maximum Gasteiger partial charge on any atom is 0.239 e. The van der Waals surface area contributed by atoms with Gasteiger partial charge in [0.15, 0.2) is 5.82 Å². The van der Waals surface area contributed by atoms with Crippen LogP contribution >= 0.6 is 23.2 Å². The molecule has 2 N–H and O–H groups in total. The minimum Gasteiger partial charge on any atom is -0.376 e. The number of carbonyl (C=O) groups is 1. The third-order valence-electron chi connectivity index (χ3n) is 1.72. The molecule has 0 heterocycles. The number of benzene rings is 1. The summed E-state index contributed by atoms with van der Waals surface area (Å²) < 4.78 is 13.0. The molecule has 6 heteroatoms. The quantitative estimate of drug-likeness (QED) is 0.809. The van der Waals surface area contributed by atoms with Crippen molar-refractivity contribution >= 4 is 34.8 Å². The fourth-order valence-corrected chi connectivity index (χ4v) is 1.42. The van der Waals surface area contributed by atoms with E-state index in [1.165, 1.54) is 19.2 Å². The normalized spacial score (nSPS) is 9.87. The van der Waals surface area contributed by atoms with Crippen LogP contribution in [0, 0.1) is 5.82 Å². The largest absolute Gasteiger partial charge is 0.376 e. The Labute approximate surface area is 96.6 Å². The third-order valence-corrected chi connectivity index (χ3v) is 2.27. The summed E-state index contributed by atoms with van der Waals surface area (Å²) in [5.41, 5.74) is 0.495. The zero-order valence-corrected chi connectivity index (χ0v) is 9.42. The van der Waals surface area contributed by atoms with Gasteiger partial charge in [-0.1, -0.05) is 23.2 Å². The fourth-order valence-electron chi connectivity index (χ4n) is 0.928. The number of likely N-dealkylation sites (N-methyl/N-ethyl adjacent to an activating group) is 1. The Morgan fingerprint density at radius 1 is 1.40 bits per heavy atom. The van der Waals surface area contributed by atoms with Crippen molar-refractivity contribution in [2.45, 2.75) is 0 Å². The van der Waals surface area contributed by atoms with Gasteiger partial charge in [-0.3, -0.25) is 4.79 Å². The zero-order valence-electron chi connectivity index (χ0n) is 7.90. The smallest absolute Gasteiger partial charge is 0.239 e. The predicted molar refractivity (Wildman–Crippen MR) is 59.0 cm³/mol. The van der Waals surface area contributed by atoms with E-state index in [2.05, 4.69) is 10.6 Å². The number of hydrogen-bond acceptors (Lipinski definition) is 2. The number of amides is 1. The lowest BCUT2D eigenvalue weighted by Gasteiger charge is -2.07. The summed E-state index contributed by atoms with van der Waals surface area (Å²) in [6.07, 6.45) is 0. The highest BCUT2D eigenvalue weighted by molar-refractivity contribution is 6.35. The van der Waals surface area contributed by atoms with Gasteiger partial charge in [0.2, 0.25) is 5.91 Å². The highest BCUT2D eigenvalue weighted by Gasteiger charge is 2.07. The van der Waals surface area contributed by atoms with Crippen molar-refractivity contribution < 1.29 is 9.18 Å². The second kappa shape index (κ2) is 5.19. The first-order valence-corrected chi connectivity index (χ1v) is 4.89. The SMILES string of the molecule is CNC(=O)CNc1cc(Cl)c(F)c(Cl)c1. The van der Waals surface area contributed by atoms with Crippen LogP contribution in [0.15, 0.2) is 12.1 Å². The van der Waals surface area contributed by atoms with Crippen LogP contribution in [0.2, 0.25) is 10.0 Å². The Hall–Kier alpha value is -1.00. The van der Waals surface area contributed by atoms with E-state index in [0.717, 1.165) is 0 Å². The Bertz CT molecular complexity index is 361. The van der Waals surface area contributed by atoms with E-state index < -0.39 is 5.82 Å². The van der Waals surface area contributed by atoms with Gasteiger partial charge in [0, 0.05) is 12.7 Å². The summed E-state index contributed by atoms with van der Waals surface area (Å²) in [5, 5.41) is 5.03. The maximum absolute atomic E-state index is 13.0. The van der Waals surface area contributed by atoms with E-state index >= 15 is 0 Å². The van der Waals surface area contributed by atoms with Gasteiger partial charge in [-0.2, -0.15) is 0 Å². The van der Waals surface area contributed by atoms with Gasteiger partial charge >= 0.3 is 0 Å². The third kappa shape index (κ3) is 3.25. The molecule has 0 aliphatic carbocycles. The molecule has 3 nitrogen and oxygen atoms in total. The molecule has 82 valence electrons. The van der Waals surface area contributed by atoms with Crippen LogP contribution in [-0.2, 0) is 4.79 Å². The first-order chi connectivity index (χ1) is 7.04. The van der Waals surface area contributed by atoms with Gasteiger partial charge in [-0.25, -0.2) is 4.39 Å². The molecule has 0 saturated heterocycles. The molecule has 0 bridgehead atoms. The molecule has 0 aromatic heterocycles. The van der Waals surface area contributed by atoms with E-state index in [1.807, 2.05) is 0 Å². The predicted octanol–water partition coefficient (Wildman–Crippen LogP) is 2.29. The fraction of sp³-hybridized carbons (Fsp3) is 0.222. The number of carbonyl (C=O) groups excluding carboxylic acids is 1. The molecule has 0 saturated carbocycles. The molecule has 1 rings (SSSR count). The molecule has 0 aliphatic heterocycles. The van der Waals surface area contributed by atoms with E-state index in [1.54, 1.807) is 0 Å². The summed E-state index contributed by atoms with van der Waals surface area (Å²) in [5.74, 6) is -0.851. The van der Waals surface area contributed by atoms with Gasteiger partial charge in [0.05, 0.1) is 16.6 Å². The molecule has 1 amide bonds. The Balaban J connectivity index is 2.75. The Morgan fingerprint density at radius 2 is 1.93 bits per heavy atom. The number of hydrogen-bond donors (Lipinski definition) is 2. The molecule has 0 fully saturated rings. The van der Waals surface area contributed by atoms with Gasteiger partial charge < -0.3 is 10.6 Å². The zero-order chi connectivity index (χ0) is 11.4. The molecule has 0 unspecified atom stereocenters. The summed E-state index contributed by atoms with van der Waals surface area (Å²) in [6.45, 7) is 0.0782. The van der Waals surface area contributed by atoms with Gasteiger partial charge in [0.25, 0.3) is 0 Å². The summed E-state index contributed by atoms with van der Waals surface area (Å²) in [7, 11) is 1.52. The summed E-state index contributed by atoms with van der Waals surface area (Å²) in [4.78, 5) is 10.9. The molecule has 1 aromatic carbocycles. The molecule has 0 radical (unpaired) electrons. The first kappa shape index (κ1) is 12.1. The molecule has 15 heavy (non-hydrogen) atoms. The Morgan fingerprint density at radius 3 is 2.40 bits per heavy atom. The monoisotopic (exact) mass is 250 g/mol. The second-order valence-corrected chi connectivity index (χ2v) is 3.60. The summed E-state index contributed by atoms with van der Waals surface area (Å²) in [6, 6.07) is 2.73. The average Bonchev–Trinajstić information content (AvgIpc) is 2.22.